The lowest BCUT2D eigenvalue weighted by Gasteiger charge is -2.33. The van der Waals surface area contributed by atoms with Crippen molar-refractivity contribution < 1.29 is 0 Å². The van der Waals surface area contributed by atoms with Gasteiger partial charge in [-0.15, -0.1) is 0 Å². The first-order valence-electron chi connectivity index (χ1n) is 8.47. The summed E-state index contributed by atoms with van der Waals surface area (Å²) in [4.78, 5) is 13.3. The number of hydrogen-bond acceptors (Lipinski definition) is 4. The number of anilines is 1. The third-order valence-corrected chi connectivity index (χ3v) is 4.84. The molecule has 5 heteroatoms. The molecule has 0 atom stereocenters. The van der Waals surface area contributed by atoms with Gasteiger partial charge in [0.2, 0.25) is 5.95 Å². The van der Waals surface area contributed by atoms with Crippen LogP contribution in [0.3, 0.4) is 0 Å². The molecule has 0 radical (unpaired) electrons. The Morgan fingerprint density at radius 1 is 1.17 bits per heavy atom. The summed E-state index contributed by atoms with van der Waals surface area (Å²) in [5, 5.41) is 0. The topological polar surface area (TPSA) is 32.3 Å². The fraction of sp³-hybridized carbons (Fsp3) is 0.667. The molecule has 0 N–H and O–H groups in total. The minimum absolute atomic E-state index is 0.525. The van der Waals surface area contributed by atoms with Crippen molar-refractivity contribution in [3.8, 4) is 11.8 Å². The van der Waals surface area contributed by atoms with Crippen LogP contribution in [0.15, 0.2) is 16.9 Å². The largest absolute Gasteiger partial charge is 0.341 e. The molecule has 0 unspecified atom stereocenters. The van der Waals surface area contributed by atoms with Gasteiger partial charge in [-0.25, -0.2) is 9.97 Å². The number of aromatic nitrogens is 2. The predicted octanol–water partition coefficient (Wildman–Crippen LogP) is 3.58. The molecule has 1 aliphatic rings. The average Bonchev–Trinajstić information content (AvgIpc) is 2.56. The summed E-state index contributed by atoms with van der Waals surface area (Å²) in [6, 6.07) is 0.525. The van der Waals surface area contributed by atoms with E-state index in [2.05, 4.69) is 68.6 Å². The third-order valence-electron chi connectivity index (χ3n) is 4.43. The minimum atomic E-state index is 0.525. The Kier molecular flexibility index (Phi) is 7.32. The van der Waals surface area contributed by atoms with Crippen LogP contribution in [0, 0.1) is 17.8 Å². The fourth-order valence-corrected chi connectivity index (χ4v) is 3.25. The van der Waals surface area contributed by atoms with Crippen LogP contribution in [0.5, 0.6) is 0 Å². The van der Waals surface area contributed by atoms with E-state index in [0.717, 1.165) is 23.5 Å². The van der Waals surface area contributed by atoms with E-state index in [1.807, 2.05) is 12.4 Å². The second-order valence-corrected chi connectivity index (χ2v) is 7.29. The maximum Gasteiger partial charge on any atom is 0.225 e. The molecule has 1 aromatic rings. The summed E-state index contributed by atoms with van der Waals surface area (Å²) >= 11 is 3.38. The third kappa shape index (κ3) is 5.78. The zero-order valence-electron chi connectivity index (χ0n) is 14.4. The van der Waals surface area contributed by atoms with Gasteiger partial charge in [-0.05, 0) is 61.6 Å². The molecule has 1 heterocycles. The molecule has 0 saturated heterocycles. The van der Waals surface area contributed by atoms with Crippen LogP contribution in [0.4, 0.5) is 5.95 Å². The molecule has 0 spiro atoms. The zero-order chi connectivity index (χ0) is 16.7. The molecule has 23 heavy (non-hydrogen) atoms. The van der Waals surface area contributed by atoms with Crippen molar-refractivity contribution in [3.63, 3.8) is 0 Å². The molecule has 0 bridgehead atoms. The van der Waals surface area contributed by atoms with Gasteiger partial charge in [0.1, 0.15) is 0 Å². The number of halogens is 1. The molecule has 126 valence electrons. The van der Waals surface area contributed by atoms with Crippen molar-refractivity contribution in [1.29, 1.82) is 0 Å². The molecule has 0 aliphatic heterocycles. The highest BCUT2D eigenvalue weighted by Gasteiger charge is 2.24. The Hall–Kier alpha value is -1.12. The van der Waals surface area contributed by atoms with Gasteiger partial charge in [0.25, 0.3) is 0 Å². The van der Waals surface area contributed by atoms with Crippen LogP contribution in [0.1, 0.15) is 39.0 Å². The molecule has 4 nitrogen and oxygen atoms in total. The van der Waals surface area contributed by atoms with Crippen LogP contribution in [0.25, 0.3) is 0 Å². The van der Waals surface area contributed by atoms with E-state index in [0.29, 0.717) is 12.0 Å². The highest BCUT2D eigenvalue weighted by atomic mass is 79.9. The highest BCUT2D eigenvalue weighted by Crippen LogP contribution is 2.28. The first kappa shape index (κ1) is 18.2. The fourth-order valence-electron chi connectivity index (χ4n) is 3.04. The van der Waals surface area contributed by atoms with Crippen LogP contribution in [-0.4, -0.2) is 48.1 Å². The lowest BCUT2D eigenvalue weighted by Crippen LogP contribution is -2.36. The lowest BCUT2D eigenvalue weighted by atomic mass is 9.86. The second kappa shape index (κ2) is 9.24. The SMILES string of the molecule is CCCN(C)CC#CC1CCC(N(C)c2ncc(Br)cn2)CC1. The van der Waals surface area contributed by atoms with E-state index in [1.54, 1.807) is 0 Å². The first-order chi connectivity index (χ1) is 11.1. The van der Waals surface area contributed by atoms with Crippen LogP contribution < -0.4 is 4.90 Å². The summed E-state index contributed by atoms with van der Waals surface area (Å²) in [5.74, 6) is 8.19. The number of hydrogen-bond donors (Lipinski definition) is 0. The van der Waals surface area contributed by atoms with Crippen LogP contribution in [-0.2, 0) is 0 Å². The monoisotopic (exact) mass is 378 g/mol. The van der Waals surface area contributed by atoms with Crippen molar-refractivity contribution >= 4 is 21.9 Å². The van der Waals surface area contributed by atoms with Crippen molar-refractivity contribution in [2.24, 2.45) is 5.92 Å². The van der Waals surface area contributed by atoms with Gasteiger partial charge in [0, 0.05) is 31.4 Å². The van der Waals surface area contributed by atoms with Crippen molar-refractivity contribution in [3.05, 3.63) is 16.9 Å². The van der Waals surface area contributed by atoms with Gasteiger partial charge in [-0.1, -0.05) is 18.8 Å². The highest BCUT2D eigenvalue weighted by molar-refractivity contribution is 9.10. The van der Waals surface area contributed by atoms with Crippen molar-refractivity contribution in [2.75, 3.05) is 32.1 Å². The minimum Gasteiger partial charge on any atom is -0.341 e. The maximum atomic E-state index is 4.39. The summed E-state index contributed by atoms with van der Waals surface area (Å²) in [7, 11) is 4.24. The molecule has 2 rings (SSSR count). The molecular formula is C18H27BrN4. The zero-order valence-corrected chi connectivity index (χ0v) is 16.0. The van der Waals surface area contributed by atoms with Gasteiger partial charge < -0.3 is 4.90 Å². The van der Waals surface area contributed by atoms with Crippen LogP contribution >= 0.6 is 15.9 Å². The van der Waals surface area contributed by atoms with Gasteiger partial charge in [-0.2, -0.15) is 0 Å². The van der Waals surface area contributed by atoms with Gasteiger partial charge >= 0.3 is 0 Å². The standard InChI is InChI=1S/C18H27BrN4/c1-4-11-22(2)12-5-6-15-7-9-17(10-8-15)23(3)18-20-13-16(19)14-21-18/h13-15,17H,4,7-12H2,1-3H3. The predicted molar refractivity (Wildman–Crippen MR) is 99.4 cm³/mol. The van der Waals surface area contributed by atoms with Gasteiger partial charge in [0.05, 0.1) is 11.0 Å². The van der Waals surface area contributed by atoms with Crippen molar-refractivity contribution in [1.82, 2.24) is 14.9 Å². The summed E-state index contributed by atoms with van der Waals surface area (Å²) in [6.45, 7) is 4.22. The van der Waals surface area contributed by atoms with Gasteiger partial charge in [0.15, 0.2) is 0 Å². The summed E-state index contributed by atoms with van der Waals surface area (Å²) in [5.41, 5.74) is 0. The number of rotatable bonds is 5. The second-order valence-electron chi connectivity index (χ2n) is 6.38. The van der Waals surface area contributed by atoms with E-state index in [-0.39, 0.29) is 0 Å². The molecule has 1 aromatic heterocycles. The van der Waals surface area contributed by atoms with E-state index in [9.17, 15) is 0 Å². The average molecular weight is 379 g/mol. The Morgan fingerprint density at radius 3 is 2.43 bits per heavy atom. The molecule has 1 aliphatic carbocycles. The Morgan fingerprint density at radius 2 is 1.83 bits per heavy atom. The smallest absolute Gasteiger partial charge is 0.225 e. The summed E-state index contributed by atoms with van der Waals surface area (Å²) in [6.07, 6.45) is 9.49. The molecule has 1 saturated carbocycles. The Balaban J connectivity index is 1.79. The maximum absolute atomic E-state index is 4.39. The lowest BCUT2D eigenvalue weighted by molar-refractivity contribution is 0.367. The molecule has 0 aromatic carbocycles. The van der Waals surface area contributed by atoms with E-state index < -0.39 is 0 Å². The normalized spacial score (nSPS) is 20.9. The molecule has 1 fully saturated rings. The number of nitrogens with zero attached hydrogens (tertiary/aromatic N) is 4. The quantitative estimate of drug-likeness (QED) is 0.732. The van der Waals surface area contributed by atoms with E-state index >= 15 is 0 Å². The Labute approximate surface area is 148 Å². The molecule has 0 amide bonds. The van der Waals surface area contributed by atoms with E-state index in [1.165, 1.54) is 32.1 Å². The van der Waals surface area contributed by atoms with Crippen LogP contribution in [0.2, 0.25) is 0 Å². The molecular weight excluding hydrogens is 352 g/mol. The van der Waals surface area contributed by atoms with Crippen molar-refractivity contribution in [2.45, 2.75) is 45.1 Å². The summed E-state index contributed by atoms with van der Waals surface area (Å²) < 4.78 is 0.918. The van der Waals surface area contributed by atoms with E-state index in [4.69, 9.17) is 0 Å². The van der Waals surface area contributed by atoms with Gasteiger partial charge in [-0.3, -0.25) is 4.90 Å². The Bertz CT molecular complexity index is 526. The first-order valence-corrected chi connectivity index (χ1v) is 9.26.